The molecule has 0 amide bonds. The van der Waals surface area contributed by atoms with Gasteiger partial charge in [0, 0.05) is 32.2 Å². The Labute approximate surface area is 115 Å². The van der Waals surface area contributed by atoms with Gasteiger partial charge in [-0.05, 0) is 19.3 Å². The maximum atomic E-state index is 5.52. The first kappa shape index (κ1) is 14.1. The molecule has 5 nitrogen and oxygen atoms in total. The van der Waals surface area contributed by atoms with Crippen LogP contribution in [0.3, 0.4) is 0 Å². The molecule has 0 radical (unpaired) electrons. The van der Waals surface area contributed by atoms with Gasteiger partial charge in [-0.15, -0.1) is 0 Å². The monoisotopic (exact) mass is 264 g/mol. The van der Waals surface area contributed by atoms with Crippen LogP contribution in [0.5, 0.6) is 0 Å². The van der Waals surface area contributed by atoms with Crippen LogP contribution in [0.2, 0.25) is 0 Å². The van der Waals surface area contributed by atoms with Gasteiger partial charge in [0.25, 0.3) is 0 Å². The number of rotatable bonds is 9. The molecule has 1 aromatic rings. The summed E-state index contributed by atoms with van der Waals surface area (Å²) in [5.41, 5.74) is 0. The Balaban J connectivity index is 1.80. The number of ether oxygens (including phenoxy) is 1. The minimum absolute atomic E-state index is 0.564. The van der Waals surface area contributed by atoms with Crippen molar-refractivity contribution in [3.8, 4) is 0 Å². The first-order valence-electron chi connectivity index (χ1n) is 7.21. The van der Waals surface area contributed by atoms with Gasteiger partial charge in [0.1, 0.15) is 17.5 Å². The second-order valence-corrected chi connectivity index (χ2v) is 4.91. The number of hydrogen-bond acceptors (Lipinski definition) is 5. The van der Waals surface area contributed by atoms with Crippen LogP contribution < -0.4 is 10.6 Å². The van der Waals surface area contributed by atoms with E-state index in [1.807, 2.05) is 13.1 Å². The second-order valence-electron chi connectivity index (χ2n) is 4.91. The van der Waals surface area contributed by atoms with E-state index in [2.05, 4.69) is 27.5 Å². The van der Waals surface area contributed by atoms with Gasteiger partial charge >= 0.3 is 0 Å². The molecule has 0 aromatic carbocycles. The number of nitrogens with one attached hydrogen (secondary N) is 2. The van der Waals surface area contributed by atoms with Crippen molar-refractivity contribution in [3.63, 3.8) is 0 Å². The first-order chi connectivity index (χ1) is 9.33. The van der Waals surface area contributed by atoms with E-state index in [9.17, 15) is 0 Å². The third-order valence-electron chi connectivity index (χ3n) is 3.14. The summed E-state index contributed by atoms with van der Waals surface area (Å²) in [5.74, 6) is 3.29. The third-order valence-corrected chi connectivity index (χ3v) is 3.14. The molecule has 0 bridgehead atoms. The van der Waals surface area contributed by atoms with Gasteiger partial charge < -0.3 is 15.4 Å². The highest BCUT2D eigenvalue weighted by molar-refractivity contribution is 5.47. The Bertz CT molecular complexity index is 393. The van der Waals surface area contributed by atoms with E-state index in [0.717, 1.165) is 43.6 Å². The SMILES string of the molecule is CCCCOCCNc1cc(NC)nc(C2CC2)n1. The predicted octanol–water partition coefficient (Wildman–Crippen LogP) is 2.62. The average Bonchev–Trinajstić information content (AvgIpc) is 3.27. The molecule has 1 aliphatic carbocycles. The summed E-state index contributed by atoms with van der Waals surface area (Å²) >= 11 is 0. The van der Waals surface area contributed by atoms with Crippen molar-refractivity contribution in [1.29, 1.82) is 0 Å². The van der Waals surface area contributed by atoms with Crippen molar-refractivity contribution in [1.82, 2.24) is 9.97 Å². The van der Waals surface area contributed by atoms with E-state index in [0.29, 0.717) is 5.92 Å². The number of unbranched alkanes of at least 4 members (excludes halogenated alkanes) is 1. The molecule has 0 atom stereocenters. The van der Waals surface area contributed by atoms with Crippen LogP contribution in [0.15, 0.2) is 6.07 Å². The highest BCUT2D eigenvalue weighted by atomic mass is 16.5. The zero-order valence-electron chi connectivity index (χ0n) is 11.9. The van der Waals surface area contributed by atoms with E-state index in [1.165, 1.54) is 19.3 Å². The summed E-state index contributed by atoms with van der Waals surface area (Å²) in [4.78, 5) is 9.05. The summed E-state index contributed by atoms with van der Waals surface area (Å²) in [6.45, 7) is 4.52. The Morgan fingerprint density at radius 1 is 1.26 bits per heavy atom. The van der Waals surface area contributed by atoms with Crippen LogP contribution in [0.25, 0.3) is 0 Å². The van der Waals surface area contributed by atoms with Crippen LogP contribution in [-0.2, 0) is 4.74 Å². The molecule has 1 aliphatic rings. The van der Waals surface area contributed by atoms with Crippen LogP contribution in [0.4, 0.5) is 11.6 Å². The molecule has 5 heteroatoms. The number of aromatic nitrogens is 2. The molecule has 0 saturated heterocycles. The van der Waals surface area contributed by atoms with Gasteiger partial charge in [0.05, 0.1) is 6.61 Å². The lowest BCUT2D eigenvalue weighted by atomic mass is 10.3. The zero-order valence-corrected chi connectivity index (χ0v) is 11.9. The zero-order chi connectivity index (χ0) is 13.5. The highest BCUT2D eigenvalue weighted by Crippen LogP contribution is 2.38. The van der Waals surface area contributed by atoms with Crippen molar-refractivity contribution in [3.05, 3.63) is 11.9 Å². The van der Waals surface area contributed by atoms with Crippen molar-refractivity contribution in [2.75, 3.05) is 37.4 Å². The van der Waals surface area contributed by atoms with Crippen LogP contribution in [0.1, 0.15) is 44.3 Å². The standard InChI is InChI=1S/C14H24N4O/c1-3-4-8-19-9-7-16-13-10-12(15-2)17-14(18-13)11-5-6-11/h10-11H,3-9H2,1-2H3,(H2,15,16,17,18). The van der Waals surface area contributed by atoms with Gasteiger partial charge in [0.2, 0.25) is 0 Å². The summed E-state index contributed by atoms with van der Waals surface area (Å²) in [6.07, 6.45) is 4.73. The first-order valence-corrected chi connectivity index (χ1v) is 7.21. The number of hydrogen-bond donors (Lipinski definition) is 2. The van der Waals surface area contributed by atoms with Crippen LogP contribution in [-0.4, -0.2) is 36.8 Å². The third kappa shape index (κ3) is 4.67. The molecular formula is C14H24N4O. The molecule has 1 heterocycles. The van der Waals surface area contributed by atoms with Crippen molar-refractivity contribution in [2.45, 2.75) is 38.5 Å². The topological polar surface area (TPSA) is 59.1 Å². The molecule has 0 aliphatic heterocycles. The maximum Gasteiger partial charge on any atom is 0.136 e. The molecule has 0 spiro atoms. The molecule has 2 rings (SSSR count). The van der Waals surface area contributed by atoms with Crippen molar-refractivity contribution >= 4 is 11.6 Å². The number of anilines is 2. The molecule has 2 N–H and O–H groups in total. The van der Waals surface area contributed by atoms with Crippen molar-refractivity contribution in [2.24, 2.45) is 0 Å². The summed E-state index contributed by atoms with van der Waals surface area (Å²) in [5, 5.41) is 6.39. The predicted molar refractivity (Wildman–Crippen MR) is 77.8 cm³/mol. The molecule has 1 aromatic heterocycles. The fourth-order valence-corrected chi connectivity index (χ4v) is 1.81. The quantitative estimate of drug-likeness (QED) is 0.671. The summed E-state index contributed by atoms with van der Waals surface area (Å²) in [7, 11) is 1.89. The lowest BCUT2D eigenvalue weighted by Crippen LogP contribution is -2.12. The summed E-state index contributed by atoms with van der Waals surface area (Å²) in [6, 6.07) is 1.94. The lowest BCUT2D eigenvalue weighted by Gasteiger charge is -2.09. The van der Waals surface area contributed by atoms with Gasteiger partial charge in [0.15, 0.2) is 0 Å². The highest BCUT2D eigenvalue weighted by Gasteiger charge is 2.27. The molecule has 1 fully saturated rings. The molecule has 0 unspecified atom stereocenters. The van der Waals surface area contributed by atoms with E-state index >= 15 is 0 Å². The van der Waals surface area contributed by atoms with E-state index in [4.69, 9.17) is 4.74 Å². The Kier molecular flexibility index (Phi) is 5.39. The minimum Gasteiger partial charge on any atom is -0.380 e. The minimum atomic E-state index is 0.564. The normalized spacial score (nSPS) is 14.4. The van der Waals surface area contributed by atoms with E-state index in [-0.39, 0.29) is 0 Å². The summed E-state index contributed by atoms with van der Waals surface area (Å²) < 4.78 is 5.52. The Hall–Kier alpha value is -1.36. The Morgan fingerprint density at radius 2 is 2.05 bits per heavy atom. The van der Waals surface area contributed by atoms with Gasteiger partial charge in [-0.1, -0.05) is 13.3 Å². The number of nitrogens with zero attached hydrogens (tertiary/aromatic N) is 2. The van der Waals surface area contributed by atoms with Gasteiger partial charge in [-0.25, -0.2) is 9.97 Å². The lowest BCUT2D eigenvalue weighted by molar-refractivity contribution is 0.141. The molecular weight excluding hydrogens is 240 g/mol. The fraction of sp³-hybridized carbons (Fsp3) is 0.714. The molecule has 1 saturated carbocycles. The molecule has 19 heavy (non-hydrogen) atoms. The molecule has 106 valence electrons. The van der Waals surface area contributed by atoms with E-state index in [1.54, 1.807) is 0 Å². The Morgan fingerprint density at radius 3 is 2.74 bits per heavy atom. The van der Waals surface area contributed by atoms with E-state index < -0.39 is 0 Å². The second kappa shape index (κ2) is 7.28. The van der Waals surface area contributed by atoms with Gasteiger partial charge in [-0.2, -0.15) is 0 Å². The average molecular weight is 264 g/mol. The smallest absolute Gasteiger partial charge is 0.136 e. The fourth-order valence-electron chi connectivity index (χ4n) is 1.81. The van der Waals surface area contributed by atoms with Crippen LogP contribution >= 0.6 is 0 Å². The largest absolute Gasteiger partial charge is 0.380 e. The van der Waals surface area contributed by atoms with Crippen LogP contribution in [0, 0.1) is 0 Å². The van der Waals surface area contributed by atoms with Crippen molar-refractivity contribution < 1.29 is 4.74 Å². The van der Waals surface area contributed by atoms with Gasteiger partial charge in [-0.3, -0.25) is 0 Å². The maximum absolute atomic E-state index is 5.52.